The highest BCUT2D eigenvalue weighted by Gasteiger charge is 2.35. The molecule has 0 saturated heterocycles. The molecule has 34 heavy (non-hydrogen) atoms. The molecule has 1 aromatic heterocycles. The van der Waals surface area contributed by atoms with Gasteiger partial charge < -0.3 is 10.4 Å². The number of fused-ring (bicyclic) bond motifs is 1. The van der Waals surface area contributed by atoms with E-state index in [1.165, 1.54) is 19.1 Å². The lowest BCUT2D eigenvalue weighted by molar-refractivity contribution is -0.138. The lowest BCUT2D eigenvalue weighted by atomic mass is 9.88. The highest BCUT2D eigenvalue weighted by molar-refractivity contribution is 5.86. The number of para-hydroxylation sites is 1. The summed E-state index contributed by atoms with van der Waals surface area (Å²) in [5.74, 6) is -1.55. The van der Waals surface area contributed by atoms with Crippen LogP contribution < -0.4 is 16.6 Å². The third kappa shape index (κ3) is 3.70. The van der Waals surface area contributed by atoms with Crippen LogP contribution in [0.2, 0.25) is 0 Å². The fraction of sp³-hybridized carbons (Fsp3) is 0.208. The van der Waals surface area contributed by atoms with E-state index >= 15 is 0 Å². The Morgan fingerprint density at radius 3 is 2.50 bits per heavy atom. The van der Waals surface area contributed by atoms with Gasteiger partial charge in [0, 0.05) is 17.4 Å². The Morgan fingerprint density at radius 2 is 1.82 bits per heavy atom. The molecule has 1 unspecified atom stereocenters. The first kappa shape index (κ1) is 23.1. The van der Waals surface area contributed by atoms with Gasteiger partial charge in [-0.15, -0.1) is 0 Å². The summed E-state index contributed by atoms with van der Waals surface area (Å²) in [5.41, 5.74) is -3.41. The average Bonchev–Trinajstić information content (AvgIpc) is 2.77. The largest absolute Gasteiger partial charge is 0.477 e. The minimum absolute atomic E-state index is 0.0783. The van der Waals surface area contributed by atoms with E-state index in [4.69, 9.17) is 0 Å². The van der Waals surface area contributed by atoms with Crippen molar-refractivity contribution in [2.45, 2.75) is 32.1 Å². The quantitative estimate of drug-likeness (QED) is 0.604. The van der Waals surface area contributed by atoms with Crippen LogP contribution in [-0.2, 0) is 18.3 Å². The van der Waals surface area contributed by atoms with E-state index in [0.29, 0.717) is 15.8 Å². The van der Waals surface area contributed by atoms with Crippen LogP contribution in [0.15, 0.2) is 70.5 Å². The maximum atomic E-state index is 13.5. The first-order valence-corrected chi connectivity index (χ1v) is 10.2. The fourth-order valence-electron chi connectivity index (χ4n) is 4.20. The second kappa shape index (κ2) is 8.05. The van der Waals surface area contributed by atoms with Gasteiger partial charge in [0.25, 0.3) is 5.56 Å². The van der Waals surface area contributed by atoms with Crippen LogP contribution in [0.5, 0.6) is 0 Å². The zero-order valence-electron chi connectivity index (χ0n) is 18.2. The molecule has 2 aromatic carbocycles. The first-order valence-electron chi connectivity index (χ1n) is 10.2. The topological polar surface area (TPSA) is 93.3 Å². The summed E-state index contributed by atoms with van der Waals surface area (Å²) in [6, 6.07) is 10.5. The molecule has 4 rings (SSSR count). The summed E-state index contributed by atoms with van der Waals surface area (Å²) in [6.45, 7) is 2.41. The number of carboxylic acid groups (broad SMARTS) is 1. The Labute approximate surface area is 191 Å². The number of carboxylic acids is 1. The standard InChI is InChI=1S/C24H20F3N3O4/c1-14-15(6-5-8-17(14)24(25,26)27)12-29-20(31)16(21(32)33)13-30(22(29)34)23(2)10-11-28-19-9-4-3-7-18(19)23/h3-11,13,28H,12H2,1-2H3,(H,32,33). The number of aromatic nitrogens is 2. The third-order valence-corrected chi connectivity index (χ3v) is 6.10. The van der Waals surface area contributed by atoms with Crippen molar-refractivity contribution in [3.05, 3.63) is 110 Å². The molecule has 0 aliphatic carbocycles. The Balaban J connectivity index is 1.96. The molecule has 10 heteroatoms. The minimum Gasteiger partial charge on any atom is -0.477 e. The Morgan fingerprint density at radius 1 is 1.12 bits per heavy atom. The average molecular weight is 471 g/mol. The number of hydrogen-bond acceptors (Lipinski definition) is 4. The summed E-state index contributed by atoms with van der Waals surface area (Å²) >= 11 is 0. The van der Waals surface area contributed by atoms with Crippen molar-refractivity contribution in [3.63, 3.8) is 0 Å². The van der Waals surface area contributed by atoms with Gasteiger partial charge in [-0.3, -0.25) is 13.9 Å². The van der Waals surface area contributed by atoms with Crippen LogP contribution in [0.25, 0.3) is 0 Å². The van der Waals surface area contributed by atoms with E-state index < -0.39 is 46.6 Å². The second-order valence-electron chi connectivity index (χ2n) is 8.15. The molecule has 0 fully saturated rings. The smallest absolute Gasteiger partial charge is 0.416 e. The van der Waals surface area contributed by atoms with Gasteiger partial charge >= 0.3 is 17.8 Å². The molecule has 1 atom stereocenters. The molecule has 2 N–H and O–H groups in total. The SMILES string of the molecule is Cc1c(Cn2c(=O)c(C(=O)O)cn(C3(C)C=CNc4ccccc43)c2=O)cccc1C(F)(F)F. The fourth-order valence-corrected chi connectivity index (χ4v) is 4.20. The van der Waals surface area contributed by atoms with Crippen LogP contribution in [0, 0.1) is 6.92 Å². The van der Waals surface area contributed by atoms with Crippen LogP contribution in [-0.4, -0.2) is 20.2 Å². The number of halogens is 3. The summed E-state index contributed by atoms with van der Waals surface area (Å²) < 4.78 is 41.9. The molecule has 1 aliphatic heterocycles. The number of benzene rings is 2. The molecule has 0 bridgehead atoms. The van der Waals surface area contributed by atoms with Crippen LogP contribution in [0.4, 0.5) is 18.9 Å². The third-order valence-electron chi connectivity index (χ3n) is 6.10. The van der Waals surface area contributed by atoms with E-state index in [0.717, 1.165) is 16.8 Å². The number of anilines is 1. The zero-order chi connectivity index (χ0) is 24.8. The van der Waals surface area contributed by atoms with Crippen molar-refractivity contribution in [2.24, 2.45) is 0 Å². The number of nitrogens with one attached hydrogen (secondary N) is 1. The van der Waals surface area contributed by atoms with Gasteiger partial charge in [0.1, 0.15) is 5.56 Å². The van der Waals surface area contributed by atoms with Crippen molar-refractivity contribution < 1.29 is 23.1 Å². The van der Waals surface area contributed by atoms with Gasteiger partial charge in [-0.1, -0.05) is 30.3 Å². The van der Waals surface area contributed by atoms with Crippen molar-refractivity contribution in [1.82, 2.24) is 9.13 Å². The van der Waals surface area contributed by atoms with E-state index in [9.17, 15) is 32.7 Å². The molecule has 3 aromatic rings. The Kier molecular flexibility index (Phi) is 5.47. The maximum Gasteiger partial charge on any atom is 0.416 e. The van der Waals surface area contributed by atoms with Crippen LogP contribution >= 0.6 is 0 Å². The van der Waals surface area contributed by atoms with Gasteiger partial charge in [-0.25, -0.2) is 9.59 Å². The highest BCUT2D eigenvalue weighted by atomic mass is 19.4. The van der Waals surface area contributed by atoms with Crippen LogP contribution in [0.3, 0.4) is 0 Å². The number of alkyl halides is 3. The van der Waals surface area contributed by atoms with E-state index in [1.807, 2.05) is 0 Å². The van der Waals surface area contributed by atoms with Gasteiger partial charge in [-0.2, -0.15) is 13.2 Å². The predicted molar refractivity (Wildman–Crippen MR) is 119 cm³/mol. The van der Waals surface area contributed by atoms with Crippen molar-refractivity contribution in [2.75, 3.05) is 5.32 Å². The summed E-state index contributed by atoms with van der Waals surface area (Å²) in [4.78, 5) is 38.3. The molecule has 0 spiro atoms. The summed E-state index contributed by atoms with van der Waals surface area (Å²) in [7, 11) is 0. The molecule has 1 aliphatic rings. The number of hydrogen-bond donors (Lipinski definition) is 2. The minimum atomic E-state index is -4.62. The van der Waals surface area contributed by atoms with E-state index in [1.54, 1.807) is 43.5 Å². The summed E-state index contributed by atoms with van der Waals surface area (Å²) in [5, 5.41) is 12.7. The van der Waals surface area contributed by atoms with Gasteiger partial charge in [0.15, 0.2) is 0 Å². The number of rotatable bonds is 4. The van der Waals surface area contributed by atoms with E-state index in [-0.39, 0.29) is 11.1 Å². The number of carbonyl (C=O) groups is 1. The van der Waals surface area contributed by atoms with Gasteiger partial charge in [0.2, 0.25) is 0 Å². The van der Waals surface area contributed by atoms with Crippen molar-refractivity contribution >= 4 is 11.7 Å². The zero-order valence-corrected chi connectivity index (χ0v) is 18.2. The maximum absolute atomic E-state index is 13.5. The molecule has 2 heterocycles. The van der Waals surface area contributed by atoms with Crippen molar-refractivity contribution in [1.29, 1.82) is 0 Å². The molecular formula is C24H20F3N3O4. The Hall–Kier alpha value is -4.08. The molecular weight excluding hydrogens is 451 g/mol. The molecule has 7 nitrogen and oxygen atoms in total. The Bertz CT molecular complexity index is 1450. The molecule has 0 amide bonds. The molecule has 0 saturated carbocycles. The molecule has 0 radical (unpaired) electrons. The summed E-state index contributed by atoms with van der Waals surface area (Å²) in [6.07, 6.45) is -0.394. The monoisotopic (exact) mass is 471 g/mol. The lowest BCUT2D eigenvalue weighted by Crippen LogP contribution is -2.49. The number of nitrogens with zero attached hydrogens (tertiary/aromatic N) is 2. The van der Waals surface area contributed by atoms with Crippen molar-refractivity contribution in [3.8, 4) is 0 Å². The van der Waals surface area contributed by atoms with E-state index in [2.05, 4.69) is 5.32 Å². The normalized spacial score (nSPS) is 17.2. The highest BCUT2D eigenvalue weighted by Crippen LogP contribution is 2.35. The number of aromatic carboxylic acids is 1. The molecule has 176 valence electrons. The van der Waals surface area contributed by atoms with Crippen LogP contribution in [0.1, 0.15) is 39.5 Å². The number of allylic oxidation sites excluding steroid dienone is 1. The van der Waals surface area contributed by atoms with Gasteiger partial charge in [0.05, 0.1) is 17.6 Å². The second-order valence-corrected chi connectivity index (χ2v) is 8.15. The van der Waals surface area contributed by atoms with Gasteiger partial charge in [-0.05, 0) is 49.4 Å². The first-order chi connectivity index (χ1) is 15.9. The predicted octanol–water partition coefficient (Wildman–Crippen LogP) is 3.79. The lowest BCUT2D eigenvalue weighted by Gasteiger charge is -2.34.